The van der Waals surface area contributed by atoms with E-state index in [9.17, 15) is 9.59 Å². The monoisotopic (exact) mass is 425 g/mol. The number of hydrogen-bond acceptors (Lipinski definition) is 6. The number of carbonyl (C=O) groups excluding carboxylic acids is 2. The number of anilines is 1. The molecule has 3 aromatic rings. The number of furan rings is 1. The van der Waals surface area contributed by atoms with Gasteiger partial charge in [0, 0.05) is 0 Å². The van der Waals surface area contributed by atoms with E-state index in [-0.39, 0.29) is 19.0 Å². The second-order valence-corrected chi connectivity index (χ2v) is 7.03. The molecule has 0 spiro atoms. The van der Waals surface area contributed by atoms with Crippen LogP contribution < -0.4 is 10.1 Å². The Labute approximate surface area is 168 Å². The molecule has 2 aromatic heterocycles. The molecule has 6 nitrogen and oxygen atoms in total. The number of para-hydroxylation sites is 1. The second-order valence-electron chi connectivity index (χ2n) is 5.13. The van der Waals surface area contributed by atoms with Crippen molar-refractivity contribution in [3.63, 3.8) is 0 Å². The molecule has 0 unspecified atom stereocenters. The molecule has 0 aliphatic rings. The molecule has 2 heterocycles. The van der Waals surface area contributed by atoms with E-state index in [0.717, 1.165) is 11.3 Å². The fourth-order valence-electron chi connectivity index (χ4n) is 2.07. The third kappa shape index (κ3) is 5.03. The van der Waals surface area contributed by atoms with Gasteiger partial charge in [0.2, 0.25) is 0 Å². The zero-order chi connectivity index (χ0) is 19.2. The van der Waals surface area contributed by atoms with Gasteiger partial charge < -0.3 is 19.2 Å². The first kappa shape index (κ1) is 19.3. The van der Waals surface area contributed by atoms with Gasteiger partial charge in [-0.1, -0.05) is 29.3 Å². The molecule has 0 atom stereocenters. The van der Waals surface area contributed by atoms with Crippen molar-refractivity contribution in [2.75, 3.05) is 18.5 Å². The smallest absolute Gasteiger partial charge is 0.348 e. The van der Waals surface area contributed by atoms with Crippen LogP contribution in [0.25, 0.3) is 0 Å². The van der Waals surface area contributed by atoms with Crippen LogP contribution in [-0.4, -0.2) is 25.1 Å². The molecule has 9 heteroatoms. The first-order valence-electron chi connectivity index (χ1n) is 7.73. The van der Waals surface area contributed by atoms with Gasteiger partial charge in [-0.05, 0) is 36.4 Å². The van der Waals surface area contributed by atoms with E-state index in [1.165, 1.54) is 6.26 Å². The predicted molar refractivity (Wildman–Crippen MR) is 103 cm³/mol. The number of rotatable bonds is 7. The van der Waals surface area contributed by atoms with Gasteiger partial charge in [0.25, 0.3) is 5.91 Å². The maximum atomic E-state index is 12.1. The van der Waals surface area contributed by atoms with E-state index < -0.39 is 11.9 Å². The Bertz CT molecular complexity index is 919. The minimum Gasteiger partial charge on any atom is -0.487 e. The lowest BCUT2D eigenvalue weighted by Gasteiger charge is -2.09. The molecule has 3 rings (SSSR count). The van der Waals surface area contributed by atoms with Crippen LogP contribution >= 0.6 is 34.5 Å². The van der Waals surface area contributed by atoms with Gasteiger partial charge in [-0.25, -0.2) is 4.79 Å². The Morgan fingerprint density at radius 1 is 1.04 bits per heavy atom. The number of carbonyl (C=O) groups is 2. The van der Waals surface area contributed by atoms with Gasteiger partial charge in [0.05, 0.1) is 21.3 Å². The van der Waals surface area contributed by atoms with Gasteiger partial charge in [-0.15, -0.1) is 11.3 Å². The van der Waals surface area contributed by atoms with Crippen molar-refractivity contribution in [3.05, 3.63) is 69.4 Å². The lowest BCUT2D eigenvalue weighted by atomic mass is 10.3. The highest BCUT2D eigenvalue weighted by Crippen LogP contribution is 2.32. The Morgan fingerprint density at radius 2 is 1.81 bits per heavy atom. The van der Waals surface area contributed by atoms with E-state index in [1.54, 1.807) is 42.5 Å². The first-order chi connectivity index (χ1) is 13.0. The summed E-state index contributed by atoms with van der Waals surface area (Å²) in [6.45, 7) is 0.120. The Morgan fingerprint density at radius 3 is 2.52 bits per heavy atom. The minimum atomic E-state index is -0.521. The summed E-state index contributed by atoms with van der Waals surface area (Å²) in [6.07, 6.45) is 1.41. The van der Waals surface area contributed by atoms with Gasteiger partial charge in [0.15, 0.2) is 11.5 Å². The molecular formula is C18H13Cl2NO5S. The van der Waals surface area contributed by atoms with Crippen molar-refractivity contribution in [1.29, 1.82) is 0 Å². The van der Waals surface area contributed by atoms with Crippen molar-refractivity contribution in [2.24, 2.45) is 0 Å². The van der Waals surface area contributed by atoms with Crippen LogP contribution in [0, 0.1) is 0 Å². The predicted octanol–water partition coefficient (Wildman–Crippen LogP) is 5.14. The SMILES string of the molecule is O=C(Nc1ccc(C(=O)OCCOc2c(Cl)cccc2Cl)s1)c1ccco1. The molecular weight excluding hydrogens is 413 g/mol. The summed E-state index contributed by atoms with van der Waals surface area (Å²) >= 11 is 13.1. The number of ether oxygens (including phenoxy) is 2. The first-order valence-corrected chi connectivity index (χ1v) is 9.30. The fourth-order valence-corrected chi connectivity index (χ4v) is 3.37. The summed E-state index contributed by atoms with van der Waals surface area (Å²) in [6, 6.07) is 11.3. The fraction of sp³-hybridized carbons (Fsp3) is 0.111. The maximum absolute atomic E-state index is 12.1. The molecule has 0 fully saturated rings. The molecule has 0 saturated heterocycles. The molecule has 1 aromatic carbocycles. The van der Waals surface area contributed by atoms with Crippen molar-refractivity contribution >= 4 is 51.4 Å². The van der Waals surface area contributed by atoms with E-state index in [0.29, 0.717) is 25.7 Å². The Hall–Kier alpha value is -2.48. The van der Waals surface area contributed by atoms with Crippen LogP contribution in [0.4, 0.5) is 5.00 Å². The average molecular weight is 426 g/mol. The largest absolute Gasteiger partial charge is 0.487 e. The lowest BCUT2D eigenvalue weighted by molar-refractivity contribution is 0.0456. The van der Waals surface area contributed by atoms with Crippen LogP contribution in [-0.2, 0) is 4.74 Å². The standard InChI is InChI=1S/C18H13Cl2NO5S/c19-11-3-1-4-12(20)16(11)25-9-10-26-18(23)14-6-7-15(27-14)21-17(22)13-5-2-8-24-13/h1-8H,9-10H2,(H,21,22). The highest BCUT2D eigenvalue weighted by atomic mass is 35.5. The second kappa shape index (κ2) is 8.94. The number of amides is 1. The molecule has 27 heavy (non-hydrogen) atoms. The minimum absolute atomic E-state index is 0.0202. The van der Waals surface area contributed by atoms with Crippen molar-refractivity contribution in [3.8, 4) is 5.75 Å². The Balaban J connectivity index is 1.47. The summed E-state index contributed by atoms with van der Waals surface area (Å²) in [5.74, 6) is -0.391. The number of hydrogen-bond donors (Lipinski definition) is 1. The number of nitrogens with one attached hydrogen (secondary N) is 1. The summed E-state index contributed by atoms with van der Waals surface area (Å²) in [4.78, 5) is 24.3. The van der Waals surface area contributed by atoms with Gasteiger partial charge in [0.1, 0.15) is 18.1 Å². The lowest BCUT2D eigenvalue weighted by Crippen LogP contribution is -2.12. The Kier molecular flexibility index (Phi) is 6.39. The normalized spacial score (nSPS) is 10.4. The molecule has 0 bridgehead atoms. The quantitative estimate of drug-likeness (QED) is 0.418. The van der Waals surface area contributed by atoms with E-state index in [2.05, 4.69) is 5.32 Å². The van der Waals surface area contributed by atoms with E-state index >= 15 is 0 Å². The highest BCUT2D eigenvalue weighted by molar-refractivity contribution is 7.18. The number of esters is 1. The van der Waals surface area contributed by atoms with Crippen molar-refractivity contribution in [1.82, 2.24) is 0 Å². The molecule has 140 valence electrons. The molecule has 0 aliphatic carbocycles. The zero-order valence-corrected chi connectivity index (χ0v) is 16.1. The van der Waals surface area contributed by atoms with Crippen LogP contribution in [0.5, 0.6) is 5.75 Å². The van der Waals surface area contributed by atoms with Crippen LogP contribution in [0.1, 0.15) is 20.2 Å². The molecule has 0 saturated carbocycles. The summed E-state index contributed by atoms with van der Waals surface area (Å²) in [5, 5.41) is 3.90. The van der Waals surface area contributed by atoms with Crippen LogP contribution in [0.15, 0.2) is 53.1 Å². The van der Waals surface area contributed by atoms with Gasteiger partial charge >= 0.3 is 5.97 Å². The summed E-state index contributed by atoms with van der Waals surface area (Å²) in [5.41, 5.74) is 0. The van der Waals surface area contributed by atoms with Crippen LogP contribution in [0.2, 0.25) is 10.0 Å². The van der Waals surface area contributed by atoms with Gasteiger partial charge in [-0.2, -0.15) is 0 Å². The van der Waals surface area contributed by atoms with Gasteiger partial charge in [-0.3, -0.25) is 4.79 Å². The zero-order valence-electron chi connectivity index (χ0n) is 13.7. The number of halogens is 2. The third-order valence-electron chi connectivity index (χ3n) is 3.27. The van der Waals surface area contributed by atoms with E-state index in [4.69, 9.17) is 37.1 Å². The van der Waals surface area contributed by atoms with E-state index in [1.807, 2.05) is 0 Å². The molecule has 1 N–H and O–H groups in total. The third-order valence-corrected chi connectivity index (χ3v) is 4.85. The summed E-state index contributed by atoms with van der Waals surface area (Å²) in [7, 11) is 0. The van der Waals surface area contributed by atoms with Crippen molar-refractivity contribution in [2.45, 2.75) is 0 Å². The van der Waals surface area contributed by atoms with Crippen molar-refractivity contribution < 1.29 is 23.5 Å². The number of thiophene rings is 1. The number of benzene rings is 1. The maximum Gasteiger partial charge on any atom is 0.348 e. The topological polar surface area (TPSA) is 77.8 Å². The molecule has 1 amide bonds. The highest BCUT2D eigenvalue weighted by Gasteiger charge is 2.14. The molecule has 0 radical (unpaired) electrons. The average Bonchev–Trinajstić information content (AvgIpc) is 3.32. The molecule has 0 aliphatic heterocycles. The van der Waals surface area contributed by atoms with Crippen LogP contribution in [0.3, 0.4) is 0 Å². The summed E-state index contributed by atoms with van der Waals surface area (Å²) < 4.78 is 15.6.